The minimum atomic E-state index is -0.125. The standard InChI is InChI=1S/C34H28NS.C5H8O2.Ir/c1-22(2)18-24-14-15-29-27(19-24)16-17-35-32(29)28-20-30-23(3)33(26-12-8-5-9-13-26)36-34(30)31(21-28)25-10-6-4-7-11-25;1-4(6)3-5(2)7;/h4-17,19,21-22H,18H2,1-3H3;3,6H,1-2H3;/q-1;;/b;4-3-;. The number of ketones is 1. The van der Waals surface area contributed by atoms with E-state index in [1.807, 2.05) is 17.5 Å². The first kappa shape index (κ1) is 33.0. The number of hydrogen-bond acceptors (Lipinski definition) is 4. The van der Waals surface area contributed by atoms with E-state index in [2.05, 4.69) is 118 Å². The van der Waals surface area contributed by atoms with Gasteiger partial charge in [0, 0.05) is 38.1 Å². The van der Waals surface area contributed by atoms with Gasteiger partial charge in [0.1, 0.15) is 0 Å². The maximum Gasteiger partial charge on any atom is 0.155 e. The number of aliphatic hydroxyl groups is 1. The van der Waals surface area contributed by atoms with Crippen LogP contribution in [0.2, 0.25) is 0 Å². The number of nitrogens with zero attached hydrogens (tertiary/aromatic N) is 1. The summed E-state index contributed by atoms with van der Waals surface area (Å²) in [5, 5.41) is 12.0. The molecule has 0 saturated heterocycles. The number of hydrogen-bond donors (Lipinski definition) is 1. The van der Waals surface area contributed by atoms with Gasteiger partial charge >= 0.3 is 0 Å². The van der Waals surface area contributed by atoms with E-state index in [-0.39, 0.29) is 31.6 Å². The van der Waals surface area contributed by atoms with Gasteiger partial charge in [-0.15, -0.1) is 17.5 Å². The van der Waals surface area contributed by atoms with Crippen LogP contribution in [0.4, 0.5) is 0 Å². The van der Waals surface area contributed by atoms with Crippen LogP contribution in [0.5, 0.6) is 0 Å². The van der Waals surface area contributed by atoms with Crippen molar-refractivity contribution in [2.24, 2.45) is 5.92 Å². The smallest absolute Gasteiger partial charge is 0.155 e. The van der Waals surface area contributed by atoms with Crippen LogP contribution < -0.4 is 0 Å². The van der Waals surface area contributed by atoms with Crippen LogP contribution in [0.1, 0.15) is 38.8 Å². The Balaban J connectivity index is 0.000000497. The zero-order valence-corrected chi connectivity index (χ0v) is 28.9. The number of thiophene rings is 1. The summed E-state index contributed by atoms with van der Waals surface area (Å²) in [4.78, 5) is 16.2. The second-order valence-electron chi connectivity index (χ2n) is 11.3. The molecular weight excluding hydrogens is 739 g/mol. The molecular formula is C39H36IrNO2S-. The van der Waals surface area contributed by atoms with Gasteiger partial charge in [-0.1, -0.05) is 116 Å². The summed E-state index contributed by atoms with van der Waals surface area (Å²) in [6.07, 6.45) is 4.19. The number of carbonyl (C=O) groups excluding carboxylic acids is 1. The van der Waals surface area contributed by atoms with Gasteiger partial charge in [0.15, 0.2) is 5.78 Å². The molecule has 225 valence electrons. The Labute approximate surface area is 277 Å². The molecule has 0 amide bonds. The Morgan fingerprint density at radius 3 is 2.18 bits per heavy atom. The van der Waals surface area contributed by atoms with E-state index in [0.717, 1.165) is 17.7 Å². The van der Waals surface area contributed by atoms with Crippen molar-refractivity contribution in [3.63, 3.8) is 0 Å². The fraction of sp³-hybridized carbons (Fsp3) is 0.179. The number of rotatable bonds is 6. The van der Waals surface area contributed by atoms with Crippen LogP contribution in [0.15, 0.2) is 109 Å². The van der Waals surface area contributed by atoms with Crippen molar-refractivity contribution in [2.75, 3.05) is 0 Å². The molecule has 4 aromatic carbocycles. The number of pyridine rings is 1. The average Bonchev–Trinajstić information content (AvgIpc) is 3.32. The second kappa shape index (κ2) is 14.7. The number of aromatic nitrogens is 1. The molecule has 5 heteroatoms. The van der Waals surface area contributed by atoms with Crippen molar-refractivity contribution >= 4 is 38.0 Å². The number of carbonyl (C=O) groups is 1. The first-order valence-corrected chi connectivity index (χ1v) is 15.4. The summed E-state index contributed by atoms with van der Waals surface area (Å²) in [7, 11) is 0. The average molecular weight is 775 g/mol. The van der Waals surface area contributed by atoms with Gasteiger partial charge < -0.3 is 5.11 Å². The number of fused-ring (bicyclic) bond motifs is 2. The molecule has 0 aliphatic heterocycles. The molecule has 44 heavy (non-hydrogen) atoms. The Kier molecular flexibility index (Phi) is 11.0. The second-order valence-corrected chi connectivity index (χ2v) is 12.3. The van der Waals surface area contributed by atoms with Crippen molar-refractivity contribution in [1.29, 1.82) is 0 Å². The normalized spacial score (nSPS) is 11.3. The first-order valence-electron chi connectivity index (χ1n) is 14.6. The summed E-state index contributed by atoms with van der Waals surface area (Å²) in [6, 6.07) is 36.4. The van der Waals surface area contributed by atoms with Gasteiger partial charge in [0.2, 0.25) is 0 Å². The largest absolute Gasteiger partial charge is 0.512 e. The summed E-state index contributed by atoms with van der Waals surface area (Å²) in [5.74, 6) is 0.570. The molecule has 0 spiro atoms. The Bertz CT molecular complexity index is 1920. The Morgan fingerprint density at radius 1 is 0.932 bits per heavy atom. The molecule has 0 unspecified atom stereocenters. The molecule has 3 nitrogen and oxygen atoms in total. The van der Waals surface area contributed by atoms with Crippen molar-refractivity contribution in [3.05, 3.63) is 126 Å². The number of aliphatic hydroxyl groups excluding tert-OH is 1. The zero-order valence-electron chi connectivity index (χ0n) is 25.6. The topological polar surface area (TPSA) is 50.2 Å². The van der Waals surface area contributed by atoms with E-state index in [9.17, 15) is 4.79 Å². The molecule has 0 saturated carbocycles. The monoisotopic (exact) mass is 775 g/mol. The molecule has 0 aliphatic rings. The first-order chi connectivity index (χ1) is 20.7. The molecule has 2 heterocycles. The number of allylic oxidation sites excluding steroid dienone is 2. The van der Waals surface area contributed by atoms with Crippen molar-refractivity contribution in [2.45, 2.75) is 41.0 Å². The molecule has 0 atom stereocenters. The third-order valence-electron chi connectivity index (χ3n) is 7.20. The fourth-order valence-corrected chi connectivity index (χ4v) is 6.70. The van der Waals surface area contributed by atoms with Gasteiger partial charge in [-0.05, 0) is 69.3 Å². The van der Waals surface area contributed by atoms with Crippen molar-refractivity contribution in [1.82, 2.24) is 4.98 Å². The third-order valence-corrected chi connectivity index (χ3v) is 8.57. The van der Waals surface area contributed by atoms with E-state index in [1.54, 1.807) is 0 Å². The Hall–Kier alpha value is -3.89. The van der Waals surface area contributed by atoms with Crippen LogP contribution >= 0.6 is 11.3 Å². The zero-order chi connectivity index (χ0) is 30.5. The molecule has 0 aliphatic carbocycles. The summed E-state index contributed by atoms with van der Waals surface area (Å²) >= 11 is 1.86. The van der Waals surface area contributed by atoms with E-state index in [4.69, 9.17) is 10.1 Å². The van der Waals surface area contributed by atoms with E-state index in [0.29, 0.717) is 5.92 Å². The maximum absolute atomic E-state index is 10.0. The van der Waals surface area contributed by atoms with Crippen LogP contribution in [0.3, 0.4) is 0 Å². The van der Waals surface area contributed by atoms with Crippen LogP contribution in [0, 0.1) is 18.9 Å². The molecule has 6 rings (SSSR count). The van der Waals surface area contributed by atoms with Gasteiger partial charge in [-0.3, -0.25) is 9.78 Å². The minimum absolute atomic E-state index is 0. The van der Waals surface area contributed by atoms with Crippen molar-refractivity contribution in [3.8, 4) is 32.8 Å². The quantitative estimate of drug-likeness (QED) is 0.104. The summed E-state index contributed by atoms with van der Waals surface area (Å²) < 4.78 is 1.28. The molecule has 2 aromatic heterocycles. The Morgan fingerprint density at radius 2 is 1.59 bits per heavy atom. The summed E-state index contributed by atoms with van der Waals surface area (Å²) in [6.45, 7) is 9.61. The molecule has 6 aromatic rings. The molecule has 1 radical (unpaired) electrons. The minimum Gasteiger partial charge on any atom is -0.512 e. The van der Waals surface area contributed by atoms with Crippen LogP contribution in [0.25, 0.3) is 53.7 Å². The molecule has 0 bridgehead atoms. The van der Waals surface area contributed by atoms with Crippen LogP contribution in [-0.4, -0.2) is 15.9 Å². The third kappa shape index (κ3) is 7.60. The fourth-order valence-electron chi connectivity index (χ4n) is 5.39. The summed E-state index contributed by atoms with van der Waals surface area (Å²) in [5.41, 5.74) is 8.41. The van der Waals surface area contributed by atoms with Crippen molar-refractivity contribution < 1.29 is 30.0 Å². The van der Waals surface area contributed by atoms with Crippen LogP contribution in [-0.2, 0) is 31.3 Å². The number of benzene rings is 4. The van der Waals surface area contributed by atoms with Gasteiger partial charge in [-0.2, -0.15) is 11.3 Å². The number of aryl methyl sites for hydroxylation is 1. The molecule has 1 N–H and O–H groups in total. The van der Waals surface area contributed by atoms with Gasteiger partial charge in [0.05, 0.1) is 5.76 Å². The van der Waals surface area contributed by atoms with E-state index >= 15 is 0 Å². The SMILES string of the molecule is CC(=O)/C=C(/C)O.Cc1c(-c2ccccc2)sc2c(-c3ccccc3)cc(-c3nccc4cc(CC(C)C)ccc34)[c-]c12.[Ir]. The maximum atomic E-state index is 10.0. The predicted octanol–water partition coefficient (Wildman–Crippen LogP) is 10.8. The van der Waals surface area contributed by atoms with Gasteiger partial charge in [-0.25, -0.2) is 0 Å². The van der Waals surface area contributed by atoms with Gasteiger partial charge in [0.25, 0.3) is 0 Å². The van der Waals surface area contributed by atoms with E-state index < -0.39 is 0 Å². The predicted molar refractivity (Wildman–Crippen MR) is 183 cm³/mol. The molecule has 0 fully saturated rings. The van der Waals surface area contributed by atoms with E-state index in [1.165, 1.54) is 73.5 Å².